The highest BCUT2D eigenvalue weighted by molar-refractivity contribution is 5.94. The van der Waals surface area contributed by atoms with E-state index in [9.17, 15) is 9.90 Å². The van der Waals surface area contributed by atoms with E-state index in [4.69, 9.17) is 4.74 Å². The number of pyridine rings is 1. The number of fused-ring (bicyclic) bond motifs is 1. The maximum Gasteiger partial charge on any atom is 0.329 e. The molecular weight excluding hydrogens is 256 g/mol. The summed E-state index contributed by atoms with van der Waals surface area (Å²) in [4.78, 5) is 15.7. The molecule has 0 spiro atoms. The Morgan fingerprint density at radius 2 is 2.20 bits per heavy atom. The standard InChI is InChI=1S/C15H18N2O3/c1-4-15(2,14(18)19)17-13-12-9-11(20-3)6-5-10(12)7-8-16-13/h5-9H,4H2,1-3H3,(H,16,17)(H,18,19). The Morgan fingerprint density at radius 1 is 1.45 bits per heavy atom. The van der Waals surface area contributed by atoms with Crippen molar-refractivity contribution in [1.29, 1.82) is 0 Å². The third kappa shape index (κ3) is 2.52. The number of carboxylic acids is 1. The highest BCUT2D eigenvalue weighted by Gasteiger charge is 2.31. The number of methoxy groups -OCH3 is 1. The van der Waals surface area contributed by atoms with Gasteiger partial charge in [-0.25, -0.2) is 9.78 Å². The summed E-state index contributed by atoms with van der Waals surface area (Å²) in [6, 6.07) is 7.51. The molecule has 1 unspecified atom stereocenters. The van der Waals surface area contributed by atoms with E-state index in [1.165, 1.54) is 0 Å². The minimum Gasteiger partial charge on any atom is -0.497 e. The lowest BCUT2D eigenvalue weighted by atomic mass is 9.99. The number of nitrogens with zero attached hydrogens (tertiary/aromatic N) is 1. The molecule has 5 nitrogen and oxygen atoms in total. The zero-order chi connectivity index (χ0) is 14.8. The summed E-state index contributed by atoms with van der Waals surface area (Å²) in [6.45, 7) is 3.48. The zero-order valence-electron chi connectivity index (χ0n) is 11.8. The van der Waals surface area contributed by atoms with Gasteiger partial charge in [-0.3, -0.25) is 0 Å². The van der Waals surface area contributed by atoms with E-state index in [1.807, 2.05) is 31.2 Å². The monoisotopic (exact) mass is 274 g/mol. The van der Waals surface area contributed by atoms with Crippen LogP contribution < -0.4 is 10.1 Å². The van der Waals surface area contributed by atoms with E-state index in [0.717, 1.165) is 10.8 Å². The molecule has 0 saturated heterocycles. The van der Waals surface area contributed by atoms with Gasteiger partial charge in [-0.05, 0) is 36.9 Å². The van der Waals surface area contributed by atoms with Crippen molar-refractivity contribution in [2.75, 3.05) is 12.4 Å². The third-order valence-corrected chi connectivity index (χ3v) is 3.55. The first kappa shape index (κ1) is 14.1. The maximum absolute atomic E-state index is 11.4. The van der Waals surface area contributed by atoms with Crippen LogP contribution in [0.3, 0.4) is 0 Å². The zero-order valence-corrected chi connectivity index (χ0v) is 11.8. The van der Waals surface area contributed by atoms with Crippen LogP contribution in [0.5, 0.6) is 5.75 Å². The summed E-state index contributed by atoms with van der Waals surface area (Å²) >= 11 is 0. The normalized spacial score (nSPS) is 13.8. The van der Waals surface area contributed by atoms with Gasteiger partial charge in [0, 0.05) is 11.6 Å². The van der Waals surface area contributed by atoms with Gasteiger partial charge in [0.05, 0.1) is 7.11 Å². The van der Waals surface area contributed by atoms with E-state index < -0.39 is 11.5 Å². The van der Waals surface area contributed by atoms with Gasteiger partial charge in [-0.2, -0.15) is 0 Å². The number of hydrogen-bond donors (Lipinski definition) is 2. The molecule has 0 aliphatic rings. The molecule has 0 aliphatic heterocycles. The molecule has 2 aromatic rings. The number of nitrogens with one attached hydrogen (secondary N) is 1. The Labute approximate surface area is 117 Å². The van der Waals surface area contributed by atoms with Crippen molar-refractivity contribution in [3.63, 3.8) is 0 Å². The number of aromatic nitrogens is 1. The summed E-state index contributed by atoms with van der Waals surface area (Å²) < 4.78 is 5.21. The van der Waals surface area contributed by atoms with Crippen LogP contribution in [0.25, 0.3) is 10.8 Å². The summed E-state index contributed by atoms with van der Waals surface area (Å²) in [5, 5.41) is 14.2. The third-order valence-electron chi connectivity index (χ3n) is 3.55. The number of anilines is 1. The molecular formula is C15H18N2O3. The Bertz CT molecular complexity index is 642. The van der Waals surface area contributed by atoms with Crippen LogP contribution in [0.4, 0.5) is 5.82 Å². The number of carbonyl (C=O) groups is 1. The second-order valence-electron chi connectivity index (χ2n) is 4.86. The SMILES string of the molecule is CCC(C)(Nc1nccc2ccc(OC)cc12)C(=O)O. The fourth-order valence-electron chi connectivity index (χ4n) is 1.93. The van der Waals surface area contributed by atoms with Crippen LogP contribution in [0.1, 0.15) is 20.3 Å². The second-order valence-corrected chi connectivity index (χ2v) is 4.86. The van der Waals surface area contributed by atoms with E-state index in [1.54, 1.807) is 20.2 Å². The first-order valence-electron chi connectivity index (χ1n) is 6.44. The lowest BCUT2D eigenvalue weighted by Crippen LogP contribution is -2.43. The fraction of sp³-hybridized carbons (Fsp3) is 0.333. The van der Waals surface area contributed by atoms with Crippen LogP contribution >= 0.6 is 0 Å². The molecule has 2 N–H and O–H groups in total. The predicted octanol–water partition coefficient (Wildman–Crippen LogP) is 2.91. The minimum atomic E-state index is -1.05. The average molecular weight is 274 g/mol. The van der Waals surface area contributed by atoms with Gasteiger partial charge in [0.1, 0.15) is 17.1 Å². The van der Waals surface area contributed by atoms with Gasteiger partial charge in [0.2, 0.25) is 0 Å². The molecule has 1 atom stereocenters. The molecule has 1 aromatic carbocycles. The quantitative estimate of drug-likeness (QED) is 0.877. The van der Waals surface area contributed by atoms with Crippen molar-refractivity contribution in [3.8, 4) is 5.75 Å². The summed E-state index contributed by atoms with van der Waals surface area (Å²) in [6.07, 6.45) is 2.11. The van der Waals surface area contributed by atoms with Crippen LogP contribution in [-0.4, -0.2) is 28.7 Å². The number of benzene rings is 1. The minimum absolute atomic E-state index is 0.449. The van der Waals surface area contributed by atoms with Crippen LogP contribution in [0, 0.1) is 0 Å². The largest absolute Gasteiger partial charge is 0.497 e. The van der Waals surface area contributed by atoms with Crippen LogP contribution in [-0.2, 0) is 4.79 Å². The van der Waals surface area contributed by atoms with Gasteiger partial charge in [-0.15, -0.1) is 0 Å². The van der Waals surface area contributed by atoms with Gasteiger partial charge >= 0.3 is 5.97 Å². The smallest absolute Gasteiger partial charge is 0.329 e. The molecule has 106 valence electrons. The van der Waals surface area contributed by atoms with E-state index >= 15 is 0 Å². The highest BCUT2D eigenvalue weighted by atomic mass is 16.5. The van der Waals surface area contributed by atoms with Crippen molar-refractivity contribution in [1.82, 2.24) is 4.98 Å². The van der Waals surface area contributed by atoms with Gasteiger partial charge in [0.15, 0.2) is 0 Å². The molecule has 20 heavy (non-hydrogen) atoms. The molecule has 1 heterocycles. The molecule has 1 aromatic heterocycles. The average Bonchev–Trinajstić information content (AvgIpc) is 2.46. The molecule has 2 rings (SSSR count). The van der Waals surface area contributed by atoms with Gasteiger partial charge < -0.3 is 15.2 Å². The Morgan fingerprint density at radius 3 is 2.80 bits per heavy atom. The maximum atomic E-state index is 11.4. The summed E-state index contributed by atoms with van der Waals surface area (Å²) in [7, 11) is 1.60. The Balaban J connectivity index is 2.51. The number of ether oxygens (including phenoxy) is 1. The number of carboxylic acid groups (broad SMARTS) is 1. The Hall–Kier alpha value is -2.30. The van der Waals surface area contributed by atoms with Crippen molar-refractivity contribution >= 4 is 22.6 Å². The number of aliphatic carboxylic acids is 1. The van der Waals surface area contributed by atoms with Crippen molar-refractivity contribution in [2.24, 2.45) is 0 Å². The van der Waals surface area contributed by atoms with Gasteiger partial charge in [-0.1, -0.05) is 13.0 Å². The van der Waals surface area contributed by atoms with Gasteiger partial charge in [0.25, 0.3) is 0 Å². The first-order valence-corrected chi connectivity index (χ1v) is 6.44. The molecule has 0 saturated carbocycles. The molecule has 0 amide bonds. The van der Waals surface area contributed by atoms with Crippen molar-refractivity contribution in [2.45, 2.75) is 25.8 Å². The number of hydrogen-bond acceptors (Lipinski definition) is 4. The molecule has 5 heteroatoms. The second kappa shape index (κ2) is 5.36. The molecule has 0 aliphatic carbocycles. The van der Waals surface area contributed by atoms with Crippen LogP contribution in [0.2, 0.25) is 0 Å². The molecule has 0 radical (unpaired) electrons. The van der Waals surface area contributed by atoms with Crippen molar-refractivity contribution < 1.29 is 14.6 Å². The fourth-order valence-corrected chi connectivity index (χ4v) is 1.93. The van der Waals surface area contributed by atoms with E-state index in [-0.39, 0.29) is 0 Å². The topological polar surface area (TPSA) is 71.5 Å². The van der Waals surface area contributed by atoms with E-state index in [2.05, 4.69) is 10.3 Å². The molecule has 0 fully saturated rings. The van der Waals surface area contributed by atoms with Crippen molar-refractivity contribution in [3.05, 3.63) is 30.5 Å². The first-order chi connectivity index (χ1) is 9.50. The summed E-state index contributed by atoms with van der Waals surface area (Å²) in [5.74, 6) is 0.358. The highest BCUT2D eigenvalue weighted by Crippen LogP contribution is 2.28. The number of rotatable bonds is 5. The van der Waals surface area contributed by atoms with E-state index in [0.29, 0.717) is 18.0 Å². The summed E-state index contributed by atoms with van der Waals surface area (Å²) in [5.41, 5.74) is -1.05. The Kier molecular flexibility index (Phi) is 3.79. The van der Waals surface area contributed by atoms with Crippen LogP contribution in [0.15, 0.2) is 30.5 Å². The lowest BCUT2D eigenvalue weighted by Gasteiger charge is -2.26. The molecule has 0 bridgehead atoms. The lowest BCUT2D eigenvalue weighted by molar-refractivity contribution is -0.141. The predicted molar refractivity (Wildman–Crippen MR) is 78.2 cm³/mol.